The normalized spacial score (nSPS) is 24.0. The molecule has 0 atom stereocenters. The van der Waals surface area contributed by atoms with Gasteiger partial charge in [0.25, 0.3) is 0 Å². The molecule has 2 heteroatoms. The van der Waals surface area contributed by atoms with Crippen molar-refractivity contribution in [2.24, 2.45) is 0 Å². The number of hydrogen-bond acceptors (Lipinski definition) is 2. The molecule has 0 amide bonds. The van der Waals surface area contributed by atoms with E-state index in [1.807, 2.05) is 0 Å². The van der Waals surface area contributed by atoms with Crippen molar-refractivity contribution in [1.82, 2.24) is 5.32 Å². The minimum atomic E-state index is 0.687. The van der Waals surface area contributed by atoms with Crippen LogP contribution in [0.2, 0.25) is 0 Å². The molecule has 0 unspecified atom stereocenters. The lowest BCUT2D eigenvalue weighted by molar-refractivity contribution is 0.129. The van der Waals surface area contributed by atoms with Crippen molar-refractivity contribution in [2.45, 2.75) is 12.8 Å². The highest BCUT2D eigenvalue weighted by Gasteiger charge is 2.11. The zero-order chi connectivity index (χ0) is 6.81. The molecule has 54 valence electrons. The predicted octanol–water partition coefficient (Wildman–Crippen LogP) is 1.17. The summed E-state index contributed by atoms with van der Waals surface area (Å²) in [5.41, 5.74) is 2.71. The quantitative estimate of drug-likeness (QED) is 0.541. The van der Waals surface area contributed by atoms with Gasteiger partial charge in [0.2, 0.25) is 0 Å². The van der Waals surface area contributed by atoms with E-state index in [1.165, 1.54) is 17.7 Å². The van der Waals surface area contributed by atoms with E-state index in [1.54, 1.807) is 0 Å². The lowest BCUT2D eigenvalue weighted by atomic mass is 10.0. The Balaban J connectivity index is 2.23. The molecule has 10 heavy (non-hydrogen) atoms. The average Bonchev–Trinajstić information content (AvgIpc) is 2.05. The second-order valence-electron chi connectivity index (χ2n) is 2.61. The van der Waals surface area contributed by atoms with Crippen LogP contribution in [0.1, 0.15) is 12.8 Å². The highest BCUT2D eigenvalue weighted by molar-refractivity contribution is 5.29. The van der Waals surface area contributed by atoms with Crippen LogP contribution in [0.5, 0.6) is 0 Å². The summed E-state index contributed by atoms with van der Waals surface area (Å²) in [7, 11) is 0. The van der Waals surface area contributed by atoms with Gasteiger partial charge in [-0.05, 0) is 18.4 Å². The van der Waals surface area contributed by atoms with Crippen LogP contribution in [0, 0.1) is 0 Å². The van der Waals surface area contributed by atoms with E-state index >= 15 is 0 Å². The molecule has 0 bridgehead atoms. The molecule has 0 aromatic carbocycles. The van der Waals surface area contributed by atoms with Gasteiger partial charge in [-0.15, -0.1) is 0 Å². The molecule has 1 aliphatic heterocycles. The summed E-state index contributed by atoms with van der Waals surface area (Å²) < 4.78 is 5.22. The smallest absolute Gasteiger partial charge is 0.116 e. The van der Waals surface area contributed by atoms with Crippen LogP contribution < -0.4 is 5.32 Å². The first-order valence-electron chi connectivity index (χ1n) is 3.67. The Morgan fingerprint density at radius 3 is 3.40 bits per heavy atom. The van der Waals surface area contributed by atoms with Crippen LogP contribution in [0.3, 0.4) is 0 Å². The summed E-state index contributed by atoms with van der Waals surface area (Å²) >= 11 is 0. The Morgan fingerprint density at radius 1 is 1.50 bits per heavy atom. The third-order valence-corrected chi connectivity index (χ3v) is 1.91. The number of hydrogen-bond donors (Lipinski definition) is 1. The first-order valence-corrected chi connectivity index (χ1v) is 3.67. The van der Waals surface area contributed by atoms with Gasteiger partial charge in [-0.3, -0.25) is 0 Å². The van der Waals surface area contributed by atoms with E-state index in [2.05, 4.69) is 17.5 Å². The zero-order valence-electron chi connectivity index (χ0n) is 5.89. The number of allylic oxidation sites excluding steroid dienone is 2. The van der Waals surface area contributed by atoms with Gasteiger partial charge in [0, 0.05) is 5.70 Å². The van der Waals surface area contributed by atoms with Crippen molar-refractivity contribution < 1.29 is 4.74 Å². The van der Waals surface area contributed by atoms with Crippen LogP contribution in [-0.4, -0.2) is 13.3 Å². The highest BCUT2D eigenvalue weighted by Crippen LogP contribution is 2.18. The summed E-state index contributed by atoms with van der Waals surface area (Å²) in [6, 6.07) is 0. The van der Waals surface area contributed by atoms with Gasteiger partial charge in [0.05, 0.1) is 6.61 Å². The van der Waals surface area contributed by atoms with Gasteiger partial charge < -0.3 is 10.1 Å². The Kier molecular flexibility index (Phi) is 1.47. The van der Waals surface area contributed by atoms with Crippen molar-refractivity contribution in [3.05, 3.63) is 23.4 Å². The van der Waals surface area contributed by atoms with Crippen molar-refractivity contribution in [1.29, 1.82) is 0 Å². The molecule has 0 radical (unpaired) electrons. The van der Waals surface area contributed by atoms with Gasteiger partial charge in [0.15, 0.2) is 0 Å². The molecule has 1 aliphatic carbocycles. The molecular formula is C8H11NO. The van der Waals surface area contributed by atoms with Gasteiger partial charge >= 0.3 is 0 Å². The van der Waals surface area contributed by atoms with E-state index < -0.39 is 0 Å². The summed E-state index contributed by atoms with van der Waals surface area (Å²) in [6.07, 6.45) is 6.70. The first-order chi connectivity index (χ1) is 4.97. The standard InChI is InChI=1S/C8H11NO/c1-2-4-8-7(3-1)5-10-6-9-8/h1,3,9H,2,4-6H2. The highest BCUT2D eigenvalue weighted by atomic mass is 16.5. The third-order valence-electron chi connectivity index (χ3n) is 1.91. The van der Waals surface area contributed by atoms with Crippen LogP contribution in [0.4, 0.5) is 0 Å². The molecule has 1 N–H and O–H groups in total. The van der Waals surface area contributed by atoms with Crippen molar-refractivity contribution in [3.8, 4) is 0 Å². The molecule has 0 aromatic heterocycles. The second kappa shape index (κ2) is 2.46. The van der Waals surface area contributed by atoms with Gasteiger partial charge in [-0.25, -0.2) is 0 Å². The molecule has 2 nitrogen and oxygen atoms in total. The molecular weight excluding hydrogens is 126 g/mol. The fraction of sp³-hybridized carbons (Fsp3) is 0.500. The van der Waals surface area contributed by atoms with Crippen LogP contribution in [0.25, 0.3) is 0 Å². The van der Waals surface area contributed by atoms with E-state index in [9.17, 15) is 0 Å². The predicted molar refractivity (Wildman–Crippen MR) is 39.4 cm³/mol. The third kappa shape index (κ3) is 0.948. The molecule has 1 heterocycles. The summed E-state index contributed by atoms with van der Waals surface area (Å²) in [6.45, 7) is 1.48. The molecule has 0 saturated heterocycles. The topological polar surface area (TPSA) is 21.3 Å². The summed E-state index contributed by atoms with van der Waals surface area (Å²) in [5.74, 6) is 0. The minimum Gasteiger partial charge on any atom is -0.366 e. The molecule has 0 spiro atoms. The zero-order valence-corrected chi connectivity index (χ0v) is 5.89. The summed E-state index contributed by atoms with van der Waals surface area (Å²) in [5, 5.41) is 3.23. The Labute approximate surface area is 60.6 Å². The Hall–Kier alpha value is -0.760. The Bertz CT molecular complexity index is 193. The lowest BCUT2D eigenvalue weighted by Crippen LogP contribution is -2.26. The molecule has 0 aromatic rings. The lowest BCUT2D eigenvalue weighted by Gasteiger charge is -2.22. The maximum absolute atomic E-state index is 5.22. The van der Waals surface area contributed by atoms with E-state index in [0.29, 0.717) is 6.73 Å². The Morgan fingerprint density at radius 2 is 2.50 bits per heavy atom. The largest absolute Gasteiger partial charge is 0.366 e. The number of ether oxygens (including phenoxy) is 1. The van der Waals surface area contributed by atoms with Crippen molar-refractivity contribution in [2.75, 3.05) is 13.3 Å². The van der Waals surface area contributed by atoms with E-state index in [-0.39, 0.29) is 0 Å². The minimum absolute atomic E-state index is 0.687. The molecule has 2 rings (SSSR count). The van der Waals surface area contributed by atoms with Crippen molar-refractivity contribution in [3.63, 3.8) is 0 Å². The fourth-order valence-corrected chi connectivity index (χ4v) is 1.35. The average molecular weight is 137 g/mol. The SMILES string of the molecule is C1=CC2=C(CC1)NCOC2. The van der Waals surface area contributed by atoms with Gasteiger partial charge in [0.1, 0.15) is 6.73 Å². The van der Waals surface area contributed by atoms with Crippen LogP contribution >= 0.6 is 0 Å². The number of rotatable bonds is 0. The first kappa shape index (κ1) is 5.98. The maximum atomic E-state index is 5.22. The van der Waals surface area contributed by atoms with E-state index in [4.69, 9.17) is 4.74 Å². The van der Waals surface area contributed by atoms with Gasteiger partial charge in [-0.1, -0.05) is 12.2 Å². The molecule has 0 saturated carbocycles. The second-order valence-corrected chi connectivity index (χ2v) is 2.61. The maximum Gasteiger partial charge on any atom is 0.116 e. The van der Waals surface area contributed by atoms with Gasteiger partial charge in [-0.2, -0.15) is 0 Å². The fourth-order valence-electron chi connectivity index (χ4n) is 1.35. The molecule has 2 aliphatic rings. The monoisotopic (exact) mass is 137 g/mol. The van der Waals surface area contributed by atoms with Crippen molar-refractivity contribution >= 4 is 0 Å². The van der Waals surface area contributed by atoms with Crippen LogP contribution in [-0.2, 0) is 4.74 Å². The van der Waals surface area contributed by atoms with Crippen LogP contribution in [0.15, 0.2) is 23.4 Å². The van der Waals surface area contributed by atoms with E-state index in [0.717, 1.165) is 13.0 Å². The molecule has 0 fully saturated rings. The summed E-state index contributed by atoms with van der Waals surface area (Å²) in [4.78, 5) is 0. The number of nitrogens with one attached hydrogen (secondary N) is 1.